The van der Waals surface area contributed by atoms with Crippen LogP contribution in [0.25, 0.3) is 5.65 Å². The van der Waals surface area contributed by atoms with Crippen molar-refractivity contribution < 1.29 is 4.74 Å². The van der Waals surface area contributed by atoms with Crippen LogP contribution in [0.1, 0.15) is 11.3 Å². The van der Waals surface area contributed by atoms with Crippen LogP contribution in [0.15, 0.2) is 35.2 Å². The lowest BCUT2D eigenvalue weighted by molar-refractivity contribution is 0.355. The molecule has 0 saturated heterocycles. The zero-order valence-corrected chi connectivity index (χ0v) is 11.1. The second-order valence-electron chi connectivity index (χ2n) is 3.96. The number of rotatable bonds is 2. The summed E-state index contributed by atoms with van der Waals surface area (Å²) >= 11 is 1.63. The molecule has 0 aromatic carbocycles. The lowest BCUT2D eigenvalue weighted by Gasteiger charge is -2.00. The van der Waals surface area contributed by atoms with Crippen LogP contribution >= 0.6 is 11.3 Å². The van der Waals surface area contributed by atoms with E-state index in [-0.39, 0.29) is 0 Å². The van der Waals surface area contributed by atoms with Gasteiger partial charge in [-0.3, -0.25) is 0 Å². The number of ether oxygens (including phenoxy) is 1. The van der Waals surface area contributed by atoms with E-state index in [9.17, 15) is 0 Å². The quantitative estimate of drug-likeness (QED) is 0.671. The Kier molecular flexibility index (Phi) is 3.17. The van der Waals surface area contributed by atoms with Crippen LogP contribution in [0, 0.1) is 18.8 Å². The average Bonchev–Trinajstić information content (AvgIpc) is 3.02. The van der Waals surface area contributed by atoms with Crippen molar-refractivity contribution in [1.29, 1.82) is 0 Å². The van der Waals surface area contributed by atoms with E-state index in [1.165, 1.54) is 0 Å². The third-order valence-corrected chi connectivity index (χ3v) is 3.15. The van der Waals surface area contributed by atoms with Crippen molar-refractivity contribution in [2.24, 2.45) is 0 Å². The normalized spacial score (nSPS) is 10.2. The van der Waals surface area contributed by atoms with Gasteiger partial charge >= 0.3 is 0 Å². The highest BCUT2D eigenvalue weighted by Gasteiger charge is 2.00. The highest BCUT2D eigenvalue weighted by atomic mass is 32.1. The van der Waals surface area contributed by atoms with E-state index >= 15 is 0 Å². The van der Waals surface area contributed by atoms with Crippen LogP contribution in [-0.2, 0) is 0 Å². The molecule has 94 valence electrons. The van der Waals surface area contributed by atoms with E-state index in [4.69, 9.17) is 4.74 Å². The van der Waals surface area contributed by atoms with Gasteiger partial charge in [-0.25, -0.2) is 4.52 Å². The number of aryl methyl sites for hydroxylation is 1. The molecule has 0 N–H and O–H groups in total. The smallest absolute Gasteiger partial charge is 0.217 e. The third-order valence-electron chi connectivity index (χ3n) is 2.47. The van der Waals surface area contributed by atoms with Gasteiger partial charge in [0.15, 0.2) is 12.3 Å². The summed E-state index contributed by atoms with van der Waals surface area (Å²) in [4.78, 5) is 4.34. The fourth-order valence-electron chi connectivity index (χ4n) is 1.64. The van der Waals surface area contributed by atoms with Crippen LogP contribution in [0.5, 0.6) is 5.88 Å². The zero-order chi connectivity index (χ0) is 13.1. The van der Waals surface area contributed by atoms with Crippen molar-refractivity contribution in [1.82, 2.24) is 14.6 Å². The molecule has 0 saturated carbocycles. The molecule has 3 aromatic rings. The highest BCUT2D eigenvalue weighted by Crippen LogP contribution is 2.10. The summed E-state index contributed by atoms with van der Waals surface area (Å²) in [5.74, 6) is 6.55. The topological polar surface area (TPSA) is 39.4 Å². The number of fused-ring (bicyclic) bond motifs is 1. The lowest BCUT2D eigenvalue weighted by atomic mass is 10.3. The molecule has 0 radical (unpaired) electrons. The van der Waals surface area contributed by atoms with Crippen molar-refractivity contribution >= 4 is 17.0 Å². The SMILES string of the molecule is Cc1cc2nc(OCC#Cc3ccsc3)ccn2n1. The summed E-state index contributed by atoms with van der Waals surface area (Å²) in [6.45, 7) is 2.26. The van der Waals surface area contributed by atoms with Gasteiger partial charge in [0.2, 0.25) is 5.88 Å². The number of hydrogen-bond acceptors (Lipinski definition) is 4. The Morgan fingerprint density at radius 2 is 2.37 bits per heavy atom. The summed E-state index contributed by atoms with van der Waals surface area (Å²) in [7, 11) is 0. The van der Waals surface area contributed by atoms with Crippen LogP contribution in [0.3, 0.4) is 0 Å². The van der Waals surface area contributed by atoms with Gasteiger partial charge in [0.25, 0.3) is 0 Å². The van der Waals surface area contributed by atoms with Crippen LogP contribution in [0.2, 0.25) is 0 Å². The number of aromatic nitrogens is 3. The predicted octanol–water partition coefficient (Wildman–Crippen LogP) is 2.53. The first-order valence-corrected chi connectivity index (χ1v) is 6.72. The fourth-order valence-corrected chi connectivity index (χ4v) is 2.23. The van der Waals surface area contributed by atoms with Gasteiger partial charge in [-0.2, -0.15) is 21.4 Å². The minimum Gasteiger partial charge on any atom is -0.464 e. The summed E-state index contributed by atoms with van der Waals surface area (Å²) in [6, 6.07) is 5.67. The minimum atomic E-state index is 0.326. The standard InChI is InChI=1S/C14H11N3OS/c1-11-9-13-15-14(4-6-17(13)16-11)18-7-2-3-12-5-8-19-10-12/h4-6,8-10H,7H2,1H3. The second-order valence-corrected chi connectivity index (χ2v) is 4.74. The minimum absolute atomic E-state index is 0.326. The molecule has 0 spiro atoms. The van der Waals surface area contributed by atoms with E-state index in [1.807, 2.05) is 36.0 Å². The van der Waals surface area contributed by atoms with E-state index in [1.54, 1.807) is 21.9 Å². The Bertz CT molecular complexity index is 750. The Hall–Kier alpha value is -2.32. The summed E-state index contributed by atoms with van der Waals surface area (Å²) < 4.78 is 7.22. The molecule has 19 heavy (non-hydrogen) atoms. The van der Waals surface area contributed by atoms with Gasteiger partial charge in [-0.1, -0.05) is 11.8 Å². The molecule has 0 atom stereocenters. The van der Waals surface area contributed by atoms with Crippen LogP contribution in [0.4, 0.5) is 0 Å². The molecule has 0 aliphatic carbocycles. The third kappa shape index (κ3) is 2.75. The van der Waals surface area contributed by atoms with Gasteiger partial charge in [-0.05, 0) is 18.4 Å². The Morgan fingerprint density at radius 1 is 1.42 bits per heavy atom. The maximum absolute atomic E-state index is 5.50. The zero-order valence-electron chi connectivity index (χ0n) is 10.3. The first-order chi connectivity index (χ1) is 9.31. The monoisotopic (exact) mass is 269 g/mol. The number of hydrogen-bond donors (Lipinski definition) is 0. The summed E-state index contributed by atoms with van der Waals surface area (Å²) in [5.41, 5.74) is 2.73. The molecule has 3 rings (SSSR count). The Morgan fingerprint density at radius 3 is 3.21 bits per heavy atom. The molecular weight excluding hydrogens is 258 g/mol. The molecule has 4 nitrogen and oxygen atoms in total. The van der Waals surface area contributed by atoms with Crippen molar-refractivity contribution in [3.05, 3.63) is 46.4 Å². The second kappa shape index (κ2) is 5.12. The van der Waals surface area contributed by atoms with Crippen LogP contribution < -0.4 is 4.74 Å². The van der Waals surface area contributed by atoms with Crippen molar-refractivity contribution in [2.45, 2.75) is 6.92 Å². The molecule has 0 aliphatic rings. The van der Waals surface area contributed by atoms with Crippen LogP contribution in [-0.4, -0.2) is 21.2 Å². The highest BCUT2D eigenvalue weighted by molar-refractivity contribution is 7.08. The molecule has 3 heterocycles. The molecule has 0 bridgehead atoms. The predicted molar refractivity (Wildman–Crippen MR) is 74.4 cm³/mol. The van der Waals surface area contributed by atoms with E-state index in [2.05, 4.69) is 21.9 Å². The van der Waals surface area contributed by atoms with Gasteiger partial charge in [0.05, 0.1) is 5.69 Å². The van der Waals surface area contributed by atoms with Crippen molar-refractivity contribution in [3.8, 4) is 17.7 Å². The molecule has 0 amide bonds. The fraction of sp³-hybridized carbons (Fsp3) is 0.143. The van der Waals surface area contributed by atoms with Gasteiger partial charge in [0.1, 0.15) is 0 Å². The van der Waals surface area contributed by atoms with Gasteiger partial charge in [-0.15, -0.1) is 0 Å². The first-order valence-electron chi connectivity index (χ1n) is 5.78. The van der Waals surface area contributed by atoms with Crippen molar-refractivity contribution in [3.63, 3.8) is 0 Å². The molecular formula is C14H11N3OS. The lowest BCUT2D eigenvalue weighted by Crippen LogP contribution is -1.98. The van der Waals surface area contributed by atoms with E-state index in [0.717, 1.165) is 16.9 Å². The molecule has 3 aromatic heterocycles. The first kappa shape index (κ1) is 11.8. The maximum atomic E-state index is 5.50. The van der Waals surface area contributed by atoms with Gasteiger partial charge < -0.3 is 4.74 Å². The average molecular weight is 269 g/mol. The largest absolute Gasteiger partial charge is 0.464 e. The Balaban J connectivity index is 1.68. The Labute approximate surface area is 114 Å². The molecule has 0 fully saturated rings. The molecule has 0 aliphatic heterocycles. The van der Waals surface area contributed by atoms with E-state index in [0.29, 0.717) is 12.5 Å². The summed E-state index contributed by atoms with van der Waals surface area (Å²) in [5, 5.41) is 8.26. The maximum Gasteiger partial charge on any atom is 0.217 e. The molecule has 0 unspecified atom stereocenters. The van der Waals surface area contributed by atoms with Crippen molar-refractivity contribution in [2.75, 3.05) is 6.61 Å². The van der Waals surface area contributed by atoms with Gasteiger partial charge in [0, 0.05) is 29.3 Å². The summed E-state index contributed by atoms with van der Waals surface area (Å²) in [6.07, 6.45) is 1.83. The number of nitrogens with zero attached hydrogens (tertiary/aromatic N) is 3. The molecule has 5 heteroatoms. The van der Waals surface area contributed by atoms with E-state index < -0.39 is 0 Å². The number of thiophene rings is 1.